The Kier molecular flexibility index (Phi) is 4.35. The van der Waals surface area contributed by atoms with E-state index in [1.807, 2.05) is 18.3 Å². The van der Waals surface area contributed by atoms with Crippen LogP contribution in [0.15, 0.2) is 36.8 Å². The van der Waals surface area contributed by atoms with E-state index in [0.717, 1.165) is 37.4 Å². The summed E-state index contributed by atoms with van der Waals surface area (Å²) in [6.07, 6.45) is 9.11. The van der Waals surface area contributed by atoms with Gasteiger partial charge in [0.1, 0.15) is 17.5 Å². The van der Waals surface area contributed by atoms with Crippen LogP contribution in [0.25, 0.3) is 5.65 Å². The zero-order valence-electron chi connectivity index (χ0n) is 16.0. The van der Waals surface area contributed by atoms with E-state index in [-0.39, 0.29) is 11.9 Å². The fraction of sp³-hybridized carbons (Fsp3) is 0.381. The third kappa shape index (κ3) is 3.51. The zero-order valence-corrected chi connectivity index (χ0v) is 16.0. The molecule has 0 unspecified atom stereocenters. The highest BCUT2D eigenvalue weighted by Crippen LogP contribution is 2.39. The average Bonchev–Trinajstić information content (AvgIpc) is 3.53. The summed E-state index contributed by atoms with van der Waals surface area (Å²) in [6, 6.07) is 7.84. The Morgan fingerprint density at radius 3 is 2.66 bits per heavy atom. The summed E-state index contributed by atoms with van der Waals surface area (Å²) >= 11 is 0. The van der Waals surface area contributed by atoms with Crippen LogP contribution in [0, 0.1) is 11.3 Å². The van der Waals surface area contributed by atoms with Gasteiger partial charge >= 0.3 is 0 Å². The van der Waals surface area contributed by atoms with E-state index in [2.05, 4.69) is 31.4 Å². The molecule has 1 saturated heterocycles. The molecule has 146 valence electrons. The van der Waals surface area contributed by atoms with Gasteiger partial charge in [0, 0.05) is 43.1 Å². The summed E-state index contributed by atoms with van der Waals surface area (Å²) in [5.41, 5.74) is 2.77. The van der Waals surface area contributed by atoms with Crippen molar-refractivity contribution in [3.8, 4) is 6.07 Å². The van der Waals surface area contributed by atoms with Gasteiger partial charge in [-0.25, -0.2) is 14.5 Å². The lowest BCUT2D eigenvalue weighted by Crippen LogP contribution is -2.45. The van der Waals surface area contributed by atoms with Crippen LogP contribution >= 0.6 is 0 Å². The standard InChI is InChI=1S/C21H21N7O/c22-11-14-1-4-19(23-12-14)27-8-5-16(6-9-27)25-21(29)17-13-24-28-10-7-18(15-2-3-15)26-20(17)28/h1,4,7,10,12-13,15-16H,2-3,5-6,8-9H2,(H,25,29). The predicted octanol–water partition coefficient (Wildman–Crippen LogP) is 2.27. The van der Waals surface area contributed by atoms with Gasteiger partial charge in [-0.3, -0.25) is 4.79 Å². The molecule has 4 heterocycles. The van der Waals surface area contributed by atoms with Crippen LogP contribution in [-0.2, 0) is 0 Å². The summed E-state index contributed by atoms with van der Waals surface area (Å²) in [7, 11) is 0. The maximum Gasteiger partial charge on any atom is 0.256 e. The van der Waals surface area contributed by atoms with E-state index < -0.39 is 0 Å². The lowest BCUT2D eigenvalue weighted by Gasteiger charge is -2.33. The summed E-state index contributed by atoms with van der Waals surface area (Å²) in [4.78, 5) is 24.1. The number of carbonyl (C=O) groups is 1. The minimum absolute atomic E-state index is 0.110. The molecule has 1 aliphatic heterocycles. The maximum absolute atomic E-state index is 12.8. The van der Waals surface area contributed by atoms with Crippen molar-refractivity contribution in [1.82, 2.24) is 24.9 Å². The number of fused-ring (bicyclic) bond motifs is 1. The van der Waals surface area contributed by atoms with Crippen LogP contribution in [-0.4, -0.2) is 44.6 Å². The van der Waals surface area contributed by atoms with Crippen LogP contribution in [0.1, 0.15) is 53.2 Å². The van der Waals surface area contributed by atoms with E-state index >= 15 is 0 Å². The second kappa shape index (κ2) is 7.17. The maximum atomic E-state index is 12.8. The first-order valence-corrected chi connectivity index (χ1v) is 9.97. The third-order valence-electron chi connectivity index (χ3n) is 5.66. The summed E-state index contributed by atoms with van der Waals surface area (Å²) in [6.45, 7) is 1.62. The minimum Gasteiger partial charge on any atom is -0.356 e. The minimum atomic E-state index is -0.115. The lowest BCUT2D eigenvalue weighted by atomic mass is 10.0. The normalized spacial score (nSPS) is 17.3. The molecule has 8 heteroatoms. The number of hydrogen-bond donors (Lipinski definition) is 1. The highest BCUT2D eigenvalue weighted by atomic mass is 16.1. The van der Waals surface area contributed by atoms with Crippen molar-refractivity contribution < 1.29 is 4.79 Å². The monoisotopic (exact) mass is 387 g/mol. The second-order valence-electron chi connectivity index (χ2n) is 7.70. The lowest BCUT2D eigenvalue weighted by molar-refractivity contribution is 0.0932. The Balaban J connectivity index is 1.23. The Morgan fingerprint density at radius 1 is 1.14 bits per heavy atom. The van der Waals surface area contributed by atoms with Gasteiger partial charge in [-0.05, 0) is 43.9 Å². The van der Waals surface area contributed by atoms with Gasteiger partial charge < -0.3 is 10.2 Å². The van der Waals surface area contributed by atoms with E-state index in [9.17, 15) is 4.79 Å². The summed E-state index contributed by atoms with van der Waals surface area (Å²) < 4.78 is 1.67. The van der Waals surface area contributed by atoms with Crippen molar-refractivity contribution in [2.75, 3.05) is 18.0 Å². The van der Waals surface area contributed by atoms with Gasteiger partial charge in [0.25, 0.3) is 5.91 Å². The van der Waals surface area contributed by atoms with Gasteiger partial charge in [-0.15, -0.1) is 0 Å². The van der Waals surface area contributed by atoms with Crippen molar-refractivity contribution in [1.29, 1.82) is 5.26 Å². The average molecular weight is 387 g/mol. The molecule has 29 heavy (non-hydrogen) atoms. The fourth-order valence-corrected chi connectivity index (χ4v) is 3.80. The molecule has 3 aromatic heterocycles. The number of anilines is 1. The predicted molar refractivity (Wildman–Crippen MR) is 107 cm³/mol. The molecule has 0 bridgehead atoms. The molecule has 0 radical (unpaired) electrons. The number of nitrogens with zero attached hydrogens (tertiary/aromatic N) is 6. The smallest absolute Gasteiger partial charge is 0.256 e. The van der Waals surface area contributed by atoms with Gasteiger partial charge in [0.15, 0.2) is 5.65 Å². The number of piperidine rings is 1. The van der Waals surface area contributed by atoms with Crippen LogP contribution in [0.5, 0.6) is 0 Å². The molecule has 2 fully saturated rings. The number of pyridine rings is 1. The highest BCUT2D eigenvalue weighted by molar-refractivity contribution is 5.99. The Morgan fingerprint density at radius 2 is 1.97 bits per heavy atom. The first-order valence-electron chi connectivity index (χ1n) is 9.97. The molecule has 3 aromatic rings. The SMILES string of the molecule is N#Cc1ccc(N2CCC(NC(=O)c3cnn4ccc(C5CC5)nc34)CC2)nc1. The molecule has 0 aromatic carbocycles. The molecule has 2 aliphatic rings. The number of amides is 1. The number of carbonyl (C=O) groups excluding carboxylic acids is 1. The van der Waals surface area contributed by atoms with E-state index in [1.165, 1.54) is 12.8 Å². The Hall–Kier alpha value is -3.47. The molecule has 8 nitrogen and oxygen atoms in total. The fourth-order valence-electron chi connectivity index (χ4n) is 3.80. The van der Waals surface area contributed by atoms with Crippen molar-refractivity contribution in [3.63, 3.8) is 0 Å². The molecule has 0 atom stereocenters. The molecule has 1 amide bonds. The van der Waals surface area contributed by atoms with Crippen molar-refractivity contribution in [3.05, 3.63) is 53.6 Å². The van der Waals surface area contributed by atoms with Crippen molar-refractivity contribution in [2.24, 2.45) is 0 Å². The molecule has 1 saturated carbocycles. The third-order valence-corrected chi connectivity index (χ3v) is 5.66. The van der Waals surface area contributed by atoms with Gasteiger partial charge in [0.05, 0.1) is 11.8 Å². The first-order chi connectivity index (χ1) is 14.2. The quantitative estimate of drug-likeness (QED) is 0.737. The first kappa shape index (κ1) is 17.6. The zero-order chi connectivity index (χ0) is 19.8. The molecular formula is C21H21N7O. The largest absolute Gasteiger partial charge is 0.356 e. The molecular weight excluding hydrogens is 366 g/mol. The van der Waals surface area contributed by atoms with E-state index in [4.69, 9.17) is 5.26 Å². The summed E-state index contributed by atoms with van der Waals surface area (Å²) in [5.74, 6) is 1.29. The van der Waals surface area contributed by atoms with Gasteiger partial charge in [-0.1, -0.05) is 0 Å². The Labute approximate surface area is 168 Å². The topological polar surface area (TPSA) is 99.2 Å². The van der Waals surface area contributed by atoms with Crippen LogP contribution in [0.3, 0.4) is 0 Å². The van der Waals surface area contributed by atoms with Crippen LogP contribution < -0.4 is 10.2 Å². The molecule has 1 N–H and O–H groups in total. The van der Waals surface area contributed by atoms with Gasteiger partial charge in [-0.2, -0.15) is 10.4 Å². The van der Waals surface area contributed by atoms with E-state index in [0.29, 0.717) is 22.7 Å². The highest BCUT2D eigenvalue weighted by Gasteiger charge is 2.27. The van der Waals surface area contributed by atoms with Gasteiger partial charge in [0.2, 0.25) is 0 Å². The number of nitrogens with one attached hydrogen (secondary N) is 1. The molecule has 5 rings (SSSR count). The van der Waals surface area contributed by atoms with Crippen LogP contribution in [0.2, 0.25) is 0 Å². The number of nitriles is 1. The number of hydrogen-bond acceptors (Lipinski definition) is 6. The van der Waals surface area contributed by atoms with Crippen LogP contribution in [0.4, 0.5) is 5.82 Å². The van der Waals surface area contributed by atoms with Crippen molar-refractivity contribution >= 4 is 17.4 Å². The molecule has 0 spiro atoms. The number of rotatable bonds is 4. The van der Waals surface area contributed by atoms with E-state index in [1.54, 1.807) is 23.0 Å². The van der Waals surface area contributed by atoms with Crippen molar-refractivity contribution in [2.45, 2.75) is 37.6 Å². The summed E-state index contributed by atoms with van der Waals surface area (Å²) in [5, 5.41) is 16.3. The molecule has 1 aliphatic carbocycles. The Bertz CT molecular complexity index is 1090. The second-order valence-corrected chi connectivity index (χ2v) is 7.70. The number of aromatic nitrogens is 4.